The Morgan fingerprint density at radius 1 is 1.38 bits per heavy atom. The lowest BCUT2D eigenvalue weighted by Crippen LogP contribution is -2.34. The van der Waals surface area contributed by atoms with Gasteiger partial charge in [-0.1, -0.05) is 12.1 Å². The standard InChI is InChI=1S/C17H19NO3/c1-13-5-3-9-18(13)16(19)12-14-6-2-7-15(11-14)21-17-8-4-10-20-17/h2,4,6-8,10-11,13H,3,5,9,12H2,1H3. The van der Waals surface area contributed by atoms with Gasteiger partial charge in [0.15, 0.2) is 0 Å². The molecule has 21 heavy (non-hydrogen) atoms. The third-order valence-corrected chi connectivity index (χ3v) is 3.84. The van der Waals surface area contributed by atoms with E-state index in [1.807, 2.05) is 29.2 Å². The number of carbonyl (C=O) groups is 1. The molecule has 2 heterocycles. The molecule has 1 atom stereocenters. The van der Waals surface area contributed by atoms with Crippen LogP contribution in [-0.4, -0.2) is 23.4 Å². The minimum Gasteiger partial charge on any atom is -0.434 e. The van der Waals surface area contributed by atoms with Crippen molar-refractivity contribution < 1.29 is 13.9 Å². The minimum absolute atomic E-state index is 0.190. The molecule has 3 rings (SSSR count). The van der Waals surface area contributed by atoms with Crippen LogP contribution in [0, 0.1) is 0 Å². The number of nitrogens with zero attached hydrogens (tertiary/aromatic N) is 1. The molecule has 0 bridgehead atoms. The number of carbonyl (C=O) groups excluding carboxylic acids is 1. The number of furan rings is 1. The van der Waals surface area contributed by atoms with Crippen molar-refractivity contribution in [3.8, 4) is 11.7 Å². The molecule has 0 saturated carbocycles. The van der Waals surface area contributed by atoms with E-state index in [2.05, 4.69) is 6.92 Å². The fourth-order valence-corrected chi connectivity index (χ4v) is 2.74. The Bertz CT molecular complexity index is 606. The predicted molar refractivity (Wildman–Crippen MR) is 79.3 cm³/mol. The summed E-state index contributed by atoms with van der Waals surface area (Å²) in [7, 11) is 0. The van der Waals surface area contributed by atoms with Crippen LogP contribution in [0.25, 0.3) is 0 Å². The van der Waals surface area contributed by atoms with Gasteiger partial charge in [0.05, 0.1) is 12.7 Å². The Hall–Kier alpha value is -2.23. The molecular weight excluding hydrogens is 266 g/mol. The van der Waals surface area contributed by atoms with Crippen molar-refractivity contribution in [1.82, 2.24) is 4.90 Å². The van der Waals surface area contributed by atoms with Gasteiger partial charge in [-0.05, 0) is 43.5 Å². The second-order valence-corrected chi connectivity index (χ2v) is 5.44. The molecule has 4 heteroatoms. The van der Waals surface area contributed by atoms with Crippen LogP contribution in [0.4, 0.5) is 0 Å². The molecule has 1 fully saturated rings. The zero-order valence-corrected chi connectivity index (χ0v) is 12.1. The minimum atomic E-state index is 0.190. The molecule has 0 N–H and O–H groups in total. The summed E-state index contributed by atoms with van der Waals surface area (Å²) in [4.78, 5) is 14.3. The number of hydrogen-bond donors (Lipinski definition) is 0. The highest BCUT2D eigenvalue weighted by Gasteiger charge is 2.24. The Morgan fingerprint density at radius 2 is 2.29 bits per heavy atom. The summed E-state index contributed by atoms with van der Waals surface area (Å²) in [5.41, 5.74) is 0.961. The number of benzene rings is 1. The van der Waals surface area contributed by atoms with Gasteiger partial charge in [0.2, 0.25) is 5.91 Å². The van der Waals surface area contributed by atoms with Crippen molar-refractivity contribution in [2.75, 3.05) is 6.54 Å². The lowest BCUT2D eigenvalue weighted by molar-refractivity contribution is -0.130. The van der Waals surface area contributed by atoms with Gasteiger partial charge in [0.25, 0.3) is 5.95 Å². The molecule has 0 spiro atoms. The average Bonchev–Trinajstić information content (AvgIpc) is 3.10. The Kier molecular flexibility index (Phi) is 3.95. The highest BCUT2D eigenvalue weighted by molar-refractivity contribution is 5.79. The maximum Gasteiger partial charge on any atom is 0.289 e. The summed E-state index contributed by atoms with van der Waals surface area (Å²) in [6, 6.07) is 11.5. The summed E-state index contributed by atoms with van der Waals surface area (Å²) in [5.74, 6) is 1.33. The fraction of sp³-hybridized carbons (Fsp3) is 0.353. The van der Waals surface area contributed by atoms with Crippen LogP contribution in [0.15, 0.2) is 47.1 Å². The van der Waals surface area contributed by atoms with Gasteiger partial charge in [0.1, 0.15) is 5.75 Å². The van der Waals surface area contributed by atoms with Crippen molar-refractivity contribution in [1.29, 1.82) is 0 Å². The third kappa shape index (κ3) is 3.27. The van der Waals surface area contributed by atoms with Gasteiger partial charge in [-0.3, -0.25) is 4.79 Å². The lowest BCUT2D eigenvalue weighted by Gasteiger charge is -2.21. The summed E-state index contributed by atoms with van der Waals surface area (Å²) in [5, 5.41) is 0. The SMILES string of the molecule is CC1CCCN1C(=O)Cc1cccc(Oc2ccco2)c1. The molecule has 1 saturated heterocycles. The van der Waals surface area contributed by atoms with Crippen molar-refractivity contribution >= 4 is 5.91 Å². The van der Waals surface area contributed by atoms with Crippen molar-refractivity contribution in [2.45, 2.75) is 32.2 Å². The van der Waals surface area contributed by atoms with Gasteiger partial charge in [-0.2, -0.15) is 0 Å². The van der Waals surface area contributed by atoms with Gasteiger partial charge in [-0.15, -0.1) is 0 Å². The van der Waals surface area contributed by atoms with Gasteiger partial charge in [-0.25, -0.2) is 0 Å². The molecule has 2 aromatic rings. The zero-order chi connectivity index (χ0) is 14.7. The first kappa shape index (κ1) is 13.7. The normalized spacial score (nSPS) is 18.0. The van der Waals surface area contributed by atoms with E-state index in [-0.39, 0.29) is 5.91 Å². The quantitative estimate of drug-likeness (QED) is 0.861. The fourth-order valence-electron chi connectivity index (χ4n) is 2.74. The van der Waals surface area contributed by atoms with Gasteiger partial charge >= 0.3 is 0 Å². The lowest BCUT2D eigenvalue weighted by atomic mass is 10.1. The third-order valence-electron chi connectivity index (χ3n) is 3.84. The topological polar surface area (TPSA) is 42.7 Å². The molecule has 0 radical (unpaired) electrons. The molecule has 1 aliphatic heterocycles. The van der Waals surface area contributed by atoms with Crippen molar-refractivity contribution in [3.05, 3.63) is 48.2 Å². The second-order valence-electron chi connectivity index (χ2n) is 5.44. The number of rotatable bonds is 4. The van der Waals surface area contributed by atoms with E-state index in [1.165, 1.54) is 0 Å². The molecule has 1 amide bonds. The summed E-state index contributed by atoms with van der Waals surface area (Å²) in [6.07, 6.45) is 4.19. The monoisotopic (exact) mass is 285 g/mol. The molecular formula is C17H19NO3. The first-order valence-electron chi connectivity index (χ1n) is 7.32. The highest BCUT2D eigenvalue weighted by Crippen LogP contribution is 2.23. The first-order valence-corrected chi connectivity index (χ1v) is 7.32. The molecule has 1 unspecified atom stereocenters. The van der Waals surface area contributed by atoms with Gasteiger partial charge in [0, 0.05) is 18.7 Å². The maximum absolute atomic E-state index is 12.3. The molecule has 1 aromatic heterocycles. The smallest absolute Gasteiger partial charge is 0.289 e. The molecule has 1 aromatic carbocycles. The van der Waals surface area contributed by atoms with E-state index >= 15 is 0 Å². The van der Waals surface area contributed by atoms with E-state index in [0.29, 0.717) is 24.2 Å². The van der Waals surface area contributed by atoms with Crippen LogP contribution in [0.1, 0.15) is 25.3 Å². The Labute approximate surface area is 124 Å². The molecule has 4 nitrogen and oxygen atoms in total. The van der Waals surface area contributed by atoms with E-state index in [4.69, 9.17) is 9.15 Å². The largest absolute Gasteiger partial charge is 0.434 e. The zero-order valence-electron chi connectivity index (χ0n) is 12.1. The van der Waals surface area contributed by atoms with E-state index in [1.54, 1.807) is 18.4 Å². The van der Waals surface area contributed by atoms with E-state index in [0.717, 1.165) is 24.9 Å². The molecule has 1 aliphatic rings. The molecule has 0 aliphatic carbocycles. The van der Waals surface area contributed by atoms with Crippen LogP contribution in [0.3, 0.4) is 0 Å². The number of amides is 1. The summed E-state index contributed by atoms with van der Waals surface area (Å²) in [6.45, 7) is 2.99. The van der Waals surface area contributed by atoms with Crippen LogP contribution >= 0.6 is 0 Å². The van der Waals surface area contributed by atoms with E-state index < -0.39 is 0 Å². The average molecular weight is 285 g/mol. The summed E-state index contributed by atoms with van der Waals surface area (Å²) < 4.78 is 10.8. The molecule has 110 valence electrons. The number of hydrogen-bond acceptors (Lipinski definition) is 3. The van der Waals surface area contributed by atoms with Crippen LogP contribution < -0.4 is 4.74 Å². The Morgan fingerprint density at radius 3 is 3.00 bits per heavy atom. The highest BCUT2D eigenvalue weighted by atomic mass is 16.6. The number of ether oxygens (including phenoxy) is 1. The first-order chi connectivity index (χ1) is 10.2. The van der Waals surface area contributed by atoms with Crippen LogP contribution in [0.2, 0.25) is 0 Å². The Balaban J connectivity index is 1.67. The van der Waals surface area contributed by atoms with Crippen molar-refractivity contribution in [2.24, 2.45) is 0 Å². The second kappa shape index (κ2) is 6.04. The van der Waals surface area contributed by atoms with Gasteiger partial charge < -0.3 is 14.1 Å². The predicted octanol–water partition coefficient (Wildman–Crippen LogP) is 3.63. The summed E-state index contributed by atoms with van der Waals surface area (Å²) >= 11 is 0. The number of likely N-dealkylation sites (tertiary alicyclic amines) is 1. The maximum atomic E-state index is 12.3. The van der Waals surface area contributed by atoms with Crippen LogP contribution in [0.5, 0.6) is 11.7 Å². The van der Waals surface area contributed by atoms with Crippen LogP contribution in [-0.2, 0) is 11.2 Å². The van der Waals surface area contributed by atoms with E-state index in [9.17, 15) is 4.79 Å². The van der Waals surface area contributed by atoms with Crippen molar-refractivity contribution in [3.63, 3.8) is 0 Å².